The zero-order chi connectivity index (χ0) is 15.2. The molecule has 0 bridgehead atoms. The van der Waals surface area contributed by atoms with Crippen LogP contribution in [0.3, 0.4) is 0 Å². The fourth-order valence-electron chi connectivity index (χ4n) is 2.06. The number of carbonyl (C=O) groups excluding carboxylic acids is 1. The molecule has 21 heavy (non-hydrogen) atoms. The van der Waals surface area contributed by atoms with E-state index in [4.69, 9.17) is 0 Å². The summed E-state index contributed by atoms with van der Waals surface area (Å²) in [5.41, 5.74) is 1.35. The maximum atomic E-state index is 11.6. The van der Waals surface area contributed by atoms with Crippen molar-refractivity contribution in [3.8, 4) is 6.07 Å². The molecular formula is C16H18N4O. The lowest BCUT2D eigenvalue weighted by Crippen LogP contribution is -2.31. The van der Waals surface area contributed by atoms with Crippen molar-refractivity contribution in [2.24, 2.45) is 0 Å². The second-order valence-electron chi connectivity index (χ2n) is 5.08. The van der Waals surface area contributed by atoms with Gasteiger partial charge < -0.3 is 10.6 Å². The number of hydrogen-bond donors (Lipinski definition) is 2. The lowest BCUT2D eigenvalue weighted by atomic mass is 10.1. The maximum Gasteiger partial charge on any atom is 0.221 e. The molecule has 0 radical (unpaired) electrons. The number of amides is 1. The molecule has 1 heterocycles. The highest BCUT2D eigenvalue weighted by molar-refractivity contribution is 5.86. The minimum atomic E-state index is -0.00111. The van der Waals surface area contributed by atoms with Gasteiger partial charge in [0.25, 0.3) is 0 Å². The van der Waals surface area contributed by atoms with Crippen LogP contribution in [0.2, 0.25) is 0 Å². The monoisotopic (exact) mass is 282 g/mol. The number of nitrogens with zero attached hydrogens (tertiary/aromatic N) is 2. The molecule has 0 fully saturated rings. The molecule has 5 heteroatoms. The van der Waals surface area contributed by atoms with Gasteiger partial charge in [0.15, 0.2) is 0 Å². The molecule has 0 unspecified atom stereocenters. The highest BCUT2D eigenvalue weighted by Gasteiger charge is 2.06. The van der Waals surface area contributed by atoms with Crippen molar-refractivity contribution in [3.05, 3.63) is 35.9 Å². The zero-order valence-corrected chi connectivity index (χ0v) is 12.2. The van der Waals surface area contributed by atoms with E-state index in [2.05, 4.69) is 21.7 Å². The summed E-state index contributed by atoms with van der Waals surface area (Å²) in [6.45, 7) is 4.33. The molecule has 2 rings (SSSR count). The van der Waals surface area contributed by atoms with Crippen molar-refractivity contribution in [2.75, 3.05) is 11.9 Å². The van der Waals surface area contributed by atoms with Crippen LogP contribution in [0.25, 0.3) is 10.9 Å². The van der Waals surface area contributed by atoms with Crippen LogP contribution in [0.15, 0.2) is 30.3 Å². The van der Waals surface area contributed by atoms with Crippen LogP contribution in [0.5, 0.6) is 0 Å². The summed E-state index contributed by atoms with van der Waals surface area (Å²) in [4.78, 5) is 16.0. The Hall–Kier alpha value is -2.61. The summed E-state index contributed by atoms with van der Waals surface area (Å²) in [5.74, 6) is 0.612. The third kappa shape index (κ3) is 3.93. The molecule has 2 N–H and O–H groups in total. The lowest BCUT2D eigenvalue weighted by Gasteiger charge is -2.10. The Bertz CT molecular complexity index is 688. The van der Waals surface area contributed by atoms with Crippen molar-refractivity contribution >= 4 is 22.6 Å². The molecule has 1 aromatic heterocycles. The first-order valence-electron chi connectivity index (χ1n) is 6.93. The van der Waals surface area contributed by atoms with Crippen molar-refractivity contribution < 1.29 is 4.79 Å². The summed E-state index contributed by atoms with van der Waals surface area (Å²) < 4.78 is 0. The van der Waals surface area contributed by atoms with E-state index in [0.29, 0.717) is 24.3 Å². The highest BCUT2D eigenvalue weighted by Crippen LogP contribution is 2.19. The average molecular weight is 282 g/mol. The Labute approximate surface area is 124 Å². The van der Waals surface area contributed by atoms with E-state index in [9.17, 15) is 10.1 Å². The standard InChI is InChI=1S/C16H18N4O/c1-11(2)19-16(21)7-8-18-15-9-12(10-17)13-5-3-4-6-14(13)20-15/h3-6,9,11H,7-8H2,1-2H3,(H,18,20)(H,19,21). The molecule has 0 aliphatic carbocycles. The molecule has 108 valence electrons. The van der Waals surface area contributed by atoms with Crippen LogP contribution in [0, 0.1) is 11.3 Å². The van der Waals surface area contributed by atoms with Crippen LogP contribution in [-0.2, 0) is 4.79 Å². The number of para-hydroxylation sites is 1. The van der Waals surface area contributed by atoms with E-state index in [-0.39, 0.29) is 11.9 Å². The fourth-order valence-corrected chi connectivity index (χ4v) is 2.06. The first kappa shape index (κ1) is 14.8. The van der Waals surface area contributed by atoms with Gasteiger partial charge in [0.1, 0.15) is 5.82 Å². The van der Waals surface area contributed by atoms with Gasteiger partial charge in [0.2, 0.25) is 5.91 Å². The molecule has 0 atom stereocenters. The fraction of sp³-hybridized carbons (Fsp3) is 0.312. The quantitative estimate of drug-likeness (QED) is 0.883. The minimum absolute atomic E-state index is 0.00111. The first-order chi connectivity index (χ1) is 10.1. The lowest BCUT2D eigenvalue weighted by molar-refractivity contribution is -0.121. The molecule has 1 amide bonds. The van der Waals surface area contributed by atoms with Gasteiger partial charge in [-0.15, -0.1) is 0 Å². The SMILES string of the molecule is CC(C)NC(=O)CCNc1cc(C#N)c2ccccc2n1. The van der Waals surface area contributed by atoms with Gasteiger partial charge in [0.05, 0.1) is 17.1 Å². The smallest absolute Gasteiger partial charge is 0.221 e. The predicted molar refractivity (Wildman–Crippen MR) is 82.8 cm³/mol. The molecule has 0 spiro atoms. The molecule has 0 saturated heterocycles. The van der Waals surface area contributed by atoms with Crippen LogP contribution in [-0.4, -0.2) is 23.5 Å². The van der Waals surface area contributed by atoms with Gasteiger partial charge in [-0.05, 0) is 26.0 Å². The average Bonchev–Trinajstić information content (AvgIpc) is 2.45. The summed E-state index contributed by atoms with van der Waals surface area (Å²) in [6.07, 6.45) is 0.370. The molecule has 2 aromatic rings. The van der Waals surface area contributed by atoms with Gasteiger partial charge in [0, 0.05) is 24.4 Å². The number of anilines is 1. The Morgan fingerprint density at radius 2 is 2.14 bits per heavy atom. The molecule has 5 nitrogen and oxygen atoms in total. The molecule has 1 aromatic carbocycles. The first-order valence-corrected chi connectivity index (χ1v) is 6.93. The van der Waals surface area contributed by atoms with Crippen molar-refractivity contribution in [1.29, 1.82) is 5.26 Å². The Balaban J connectivity index is 2.06. The second kappa shape index (κ2) is 6.71. The van der Waals surface area contributed by atoms with E-state index in [1.54, 1.807) is 6.07 Å². The van der Waals surface area contributed by atoms with E-state index < -0.39 is 0 Å². The minimum Gasteiger partial charge on any atom is -0.369 e. The van der Waals surface area contributed by atoms with E-state index >= 15 is 0 Å². The predicted octanol–water partition coefficient (Wildman–Crippen LogP) is 2.43. The van der Waals surface area contributed by atoms with Crippen molar-refractivity contribution in [3.63, 3.8) is 0 Å². The zero-order valence-electron chi connectivity index (χ0n) is 12.2. The summed E-state index contributed by atoms with van der Waals surface area (Å²) in [6, 6.07) is 11.5. The van der Waals surface area contributed by atoms with Crippen LogP contribution >= 0.6 is 0 Å². The largest absolute Gasteiger partial charge is 0.369 e. The van der Waals surface area contributed by atoms with Gasteiger partial charge in [-0.1, -0.05) is 18.2 Å². The molecule has 0 saturated carbocycles. The number of nitrogens with one attached hydrogen (secondary N) is 2. The second-order valence-corrected chi connectivity index (χ2v) is 5.08. The van der Waals surface area contributed by atoms with Crippen LogP contribution in [0.1, 0.15) is 25.8 Å². The number of rotatable bonds is 5. The number of aromatic nitrogens is 1. The highest BCUT2D eigenvalue weighted by atomic mass is 16.1. The van der Waals surface area contributed by atoms with Gasteiger partial charge >= 0.3 is 0 Å². The number of fused-ring (bicyclic) bond motifs is 1. The summed E-state index contributed by atoms with van der Waals surface area (Å²) in [5, 5.41) is 16.0. The number of hydrogen-bond acceptors (Lipinski definition) is 4. The Kier molecular flexibility index (Phi) is 4.72. The van der Waals surface area contributed by atoms with Crippen molar-refractivity contribution in [1.82, 2.24) is 10.3 Å². The summed E-state index contributed by atoms with van der Waals surface area (Å²) in [7, 11) is 0. The molecule has 0 aliphatic heterocycles. The number of pyridine rings is 1. The maximum absolute atomic E-state index is 11.6. The van der Waals surface area contributed by atoms with Gasteiger partial charge in [-0.2, -0.15) is 5.26 Å². The number of carbonyl (C=O) groups is 1. The van der Waals surface area contributed by atoms with Crippen molar-refractivity contribution in [2.45, 2.75) is 26.3 Å². The third-order valence-electron chi connectivity index (χ3n) is 2.94. The third-order valence-corrected chi connectivity index (χ3v) is 2.94. The van der Waals surface area contributed by atoms with E-state index in [0.717, 1.165) is 10.9 Å². The van der Waals surface area contributed by atoms with E-state index in [1.807, 2.05) is 38.1 Å². The van der Waals surface area contributed by atoms with Crippen LogP contribution < -0.4 is 10.6 Å². The van der Waals surface area contributed by atoms with Gasteiger partial charge in [-0.3, -0.25) is 4.79 Å². The van der Waals surface area contributed by atoms with Crippen LogP contribution in [0.4, 0.5) is 5.82 Å². The topological polar surface area (TPSA) is 77.8 Å². The number of benzene rings is 1. The summed E-state index contributed by atoms with van der Waals surface area (Å²) >= 11 is 0. The normalized spacial score (nSPS) is 10.4. The van der Waals surface area contributed by atoms with Gasteiger partial charge in [-0.25, -0.2) is 4.98 Å². The number of nitriles is 1. The molecule has 0 aliphatic rings. The van der Waals surface area contributed by atoms with E-state index in [1.165, 1.54) is 0 Å². The Morgan fingerprint density at radius 1 is 1.38 bits per heavy atom. The molecular weight excluding hydrogens is 264 g/mol. The Morgan fingerprint density at radius 3 is 2.86 bits per heavy atom.